The van der Waals surface area contributed by atoms with Gasteiger partial charge in [-0.3, -0.25) is 9.59 Å². The predicted molar refractivity (Wildman–Crippen MR) is 565 cm³/mol. The van der Waals surface area contributed by atoms with Crippen molar-refractivity contribution >= 4 is 107 Å². The van der Waals surface area contributed by atoms with Crippen LogP contribution in [-0.4, -0.2) is 215 Å². The topological polar surface area (TPSA) is 481 Å². The smallest absolute Gasteiger partial charge is 0.410 e. The molecule has 4 amide bonds. The van der Waals surface area contributed by atoms with Crippen LogP contribution in [0.3, 0.4) is 0 Å². The molecule has 3 unspecified atom stereocenters. The SMILES string of the molecule is CC(C)(C)OC(=O)N1C(CCCNc2cccc(S(=O)(=O)NC(=O)c3ccc(-n4ccc(OCCC(C5CC5)C5CC5)n4)nc3Cl)n2)CCC1(C)C.CC(C)(C)OC(=O)N1C(CCCNc2cccc(S(N)(=O)=O)n2)CCC1(C)C.CC1(C)CCC2CCCNc3cccc(n3)S(=O)(=O)NC(=O)c3ccc(-n4ccc(OCCC(C5CC5)C5CC5)n4)nc3N21.O=C(O)c1ccc(-n2ccc(OCCC(C3CC3)C3CC3)n2)nc1Cl. The van der Waals surface area contributed by atoms with E-state index >= 15 is 0 Å². The number of carboxylic acids is 1. The maximum Gasteiger partial charge on any atom is 0.410 e. The number of halogens is 2. The molecule has 0 spiro atoms. The van der Waals surface area contributed by atoms with Crippen LogP contribution in [0.2, 0.25) is 10.3 Å². The average molecular weight is 2150 g/mol. The number of amides is 4. The van der Waals surface area contributed by atoms with Gasteiger partial charge in [-0.25, -0.2) is 81.3 Å². The van der Waals surface area contributed by atoms with Crippen LogP contribution in [0.4, 0.5) is 32.9 Å². The molecule has 10 aliphatic rings. The minimum absolute atomic E-state index is 0.0276. The molecule has 19 rings (SSSR count). The molecular formula is C106H143Cl2N21O17S3. The maximum atomic E-state index is 13.7. The molecule has 0 radical (unpaired) electrons. The molecule has 806 valence electrons. The lowest BCUT2D eigenvalue weighted by atomic mass is 9.95. The highest BCUT2D eigenvalue weighted by atomic mass is 35.5. The molecule has 6 aliphatic carbocycles. The Morgan fingerprint density at radius 1 is 0.510 bits per heavy atom. The van der Waals surface area contributed by atoms with Crippen molar-refractivity contribution < 1.29 is 78.0 Å². The number of hydrogen-bond donors (Lipinski definition) is 7. The van der Waals surface area contributed by atoms with E-state index in [1.165, 1.54) is 123 Å². The van der Waals surface area contributed by atoms with Crippen LogP contribution in [0.25, 0.3) is 17.5 Å². The zero-order chi connectivity index (χ0) is 106. The van der Waals surface area contributed by atoms with Crippen molar-refractivity contribution in [2.75, 3.05) is 60.3 Å². The summed E-state index contributed by atoms with van der Waals surface area (Å²) in [4.78, 5) is 95.1. The molecule has 4 aliphatic heterocycles. The Labute approximate surface area is 883 Å². The summed E-state index contributed by atoms with van der Waals surface area (Å²) in [7, 11) is -12.4. The molecule has 9 aromatic heterocycles. The lowest BCUT2D eigenvalue weighted by molar-refractivity contribution is 0.00168. The first-order valence-electron chi connectivity index (χ1n) is 52.5. The third-order valence-electron chi connectivity index (χ3n) is 29.4. The van der Waals surface area contributed by atoms with Gasteiger partial charge in [-0.05, 0) is 383 Å². The summed E-state index contributed by atoms with van der Waals surface area (Å²) >= 11 is 12.3. The first kappa shape index (κ1) is 110. The summed E-state index contributed by atoms with van der Waals surface area (Å²) in [6.45, 7) is 27.4. The fourth-order valence-corrected chi connectivity index (χ4v) is 23.9. The predicted octanol–water partition coefficient (Wildman–Crippen LogP) is 18.9. The number of likely N-dealkylation sites (tertiary alicyclic amines) is 2. The van der Waals surface area contributed by atoms with Gasteiger partial charge in [0.05, 0.1) is 36.5 Å². The van der Waals surface area contributed by atoms with Gasteiger partial charge in [-0.1, -0.05) is 41.4 Å². The largest absolute Gasteiger partial charge is 0.478 e. The summed E-state index contributed by atoms with van der Waals surface area (Å²) in [6, 6.07) is 28.8. The molecular weight excluding hydrogens is 2010 g/mol. The Morgan fingerprint density at radius 3 is 1.36 bits per heavy atom. The Hall–Kier alpha value is -11.5. The Kier molecular flexibility index (Phi) is 34.3. The van der Waals surface area contributed by atoms with Gasteiger partial charge in [0.2, 0.25) is 17.6 Å². The fraction of sp³-hybridized carbons (Fsp3) is 0.585. The first-order valence-corrected chi connectivity index (χ1v) is 57.7. The molecule has 8 N–H and O–H groups in total. The number of nitrogens with two attached hydrogens (primary N) is 1. The van der Waals surface area contributed by atoms with E-state index in [0.29, 0.717) is 104 Å². The number of sulfonamides is 3. The van der Waals surface area contributed by atoms with Gasteiger partial charge in [-0.15, -0.1) is 15.3 Å². The van der Waals surface area contributed by atoms with Crippen molar-refractivity contribution in [3.05, 3.63) is 155 Å². The molecule has 3 saturated heterocycles. The van der Waals surface area contributed by atoms with Crippen LogP contribution < -0.4 is 49.6 Å². The summed E-state index contributed by atoms with van der Waals surface area (Å²) in [5, 5.41) is 36.1. The lowest BCUT2D eigenvalue weighted by Crippen LogP contribution is -2.49. The van der Waals surface area contributed by atoms with Crippen LogP contribution in [-0.2, 0) is 39.5 Å². The number of carbonyl (C=O) groups is 5. The van der Waals surface area contributed by atoms with Gasteiger partial charge in [0.15, 0.2) is 32.5 Å². The quantitative estimate of drug-likeness (QED) is 0.0142. The second kappa shape index (κ2) is 46.3. The van der Waals surface area contributed by atoms with Crippen LogP contribution in [0, 0.1) is 53.3 Å². The monoisotopic (exact) mass is 2150 g/mol. The summed E-state index contributed by atoms with van der Waals surface area (Å²) < 4.78 is 114. The number of aromatic nitrogens is 12. The maximum absolute atomic E-state index is 13.7. The number of nitrogens with zero attached hydrogens (tertiary/aromatic N) is 15. The van der Waals surface area contributed by atoms with Gasteiger partial charge in [0, 0.05) is 91.2 Å². The lowest BCUT2D eigenvalue weighted by Gasteiger charge is -2.38. The molecule has 0 aromatic carbocycles. The van der Waals surface area contributed by atoms with Gasteiger partial charge >= 0.3 is 18.2 Å². The molecule has 6 saturated carbocycles. The Bertz CT molecular complexity index is 6570. The van der Waals surface area contributed by atoms with E-state index in [9.17, 15) is 49.2 Å². The number of primary sulfonamides is 1. The number of pyridine rings is 6. The number of nitrogens with one attached hydrogen (secondary N) is 5. The number of carboxylic acid groups (broad SMARTS) is 1. The van der Waals surface area contributed by atoms with Crippen molar-refractivity contribution in [3.63, 3.8) is 0 Å². The van der Waals surface area contributed by atoms with Gasteiger partial charge < -0.3 is 59.4 Å². The summed E-state index contributed by atoms with van der Waals surface area (Å²) in [5.74, 6) is 9.52. The second-order valence-corrected chi connectivity index (χ2v) is 50.4. The molecule has 3 atom stereocenters. The van der Waals surface area contributed by atoms with Crippen molar-refractivity contribution in [1.29, 1.82) is 0 Å². The Morgan fingerprint density at radius 2 is 0.926 bits per heavy atom. The zero-order valence-electron chi connectivity index (χ0n) is 87.1. The molecule has 149 heavy (non-hydrogen) atoms. The average Bonchev–Trinajstić information content (AvgIpc) is 1.63. The highest BCUT2D eigenvalue weighted by molar-refractivity contribution is 7.90. The first-order chi connectivity index (χ1) is 70.7. The number of ether oxygens (including phenoxy) is 5. The van der Waals surface area contributed by atoms with E-state index in [4.69, 9.17) is 62.1 Å². The third-order valence-corrected chi connectivity index (χ3v) is 33.2. The zero-order valence-corrected chi connectivity index (χ0v) is 91.1. The van der Waals surface area contributed by atoms with Crippen molar-refractivity contribution in [2.24, 2.45) is 58.4 Å². The normalized spacial score (nSPS) is 19.8. The van der Waals surface area contributed by atoms with Gasteiger partial charge in [-0.2, -0.15) is 16.8 Å². The minimum Gasteiger partial charge on any atom is -0.478 e. The van der Waals surface area contributed by atoms with Crippen molar-refractivity contribution in [3.8, 4) is 35.1 Å². The van der Waals surface area contributed by atoms with Crippen LogP contribution in [0.5, 0.6) is 17.6 Å². The van der Waals surface area contributed by atoms with Gasteiger partial charge in [0.25, 0.3) is 41.9 Å². The summed E-state index contributed by atoms with van der Waals surface area (Å²) in [5.41, 5.74) is -1.89. The van der Waals surface area contributed by atoms with Crippen molar-refractivity contribution in [1.82, 2.24) is 78.5 Å². The van der Waals surface area contributed by atoms with E-state index in [-0.39, 0.29) is 89.0 Å². The molecule has 43 heteroatoms. The molecule has 9 aromatic rings. The van der Waals surface area contributed by atoms with Gasteiger partial charge in [0.1, 0.15) is 44.8 Å². The van der Waals surface area contributed by atoms with E-state index in [1.807, 2.05) is 68.3 Å². The Balaban J connectivity index is 0.000000148. The number of rotatable bonds is 36. The highest BCUT2D eigenvalue weighted by Gasteiger charge is 2.49. The molecule has 9 fully saturated rings. The van der Waals surface area contributed by atoms with Crippen molar-refractivity contribution in [2.45, 2.75) is 317 Å². The molecule has 38 nitrogen and oxygen atoms in total. The van der Waals surface area contributed by atoms with E-state index < -0.39 is 59.1 Å². The number of anilines is 4. The van der Waals surface area contributed by atoms with E-state index in [2.05, 4.69) is 107 Å². The number of aromatic carboxylic acids is 1. The third kappa shape index (κ3) is 29.9. The van der Waals surface area contributed by atoms with E-state index in [0.717, 1.165) is 143 Å². The highest BCUT2D eigenvalue weighted by Crippen LogP contribution is 2.54. The van der Waals surface area contributed by atoms with Crippen LogP contribution in [0.15, 0.2) is 143 Å². The summed E-state index contributed by atoms with van der Waals surface area (Å²) in [6.07, 6.45) is 34.5. The number of hydrogen-bond acceptors (Lipinski definition) is 29. The fourth-order valence-electron chi connectivity index (χ4n) is 21.1. The molecule has 13 heterocycles. The number of fused-ring (bicyclic) bond motifs is 5. The number of carbonyl (C=O) groups excluding carboxylic acids is 4. The van der Waals surface area contributed by atoms with Crippen LogP contribution in [0.1, 0.15) is 288 Å². The van der Waals surface area contributed by atoms with E-state index in [1.54, 1.807) is 83.8 Å². The minimum atomic E-state index is -4.34. The second-order valence-electron chi connectivity index (χ2n) is 44.9. The van der Waals surface area contributed by atoms with Crippen LogP contribution >= 0.6 is 23.2 Å². The molecule has 2 bridgehead atoms. The standard InChI is InChI=1S/C37H50ClN7O6S.C32H41N7O4S.C19H32N4O4S.C18H20ClN3O3/c1-36(2,3)51-35(47)45-26(17-20-37(45,4)5)8-7-21-39-29-9-6-10-32(40-29)52(48,49)43-34(46)28-15-16-30(41-33(28)38)44-22-18-31(42-44)50-23-19-27(24-11-12-24)25-13-14-25;1-32(2)17-14-23-5-4-18-33-26-6-3-7-29(34-26)44(41,42)37-31(40)25-12-13-27(35-30(25)39(23)32)38-19-15-28(36-38)43-20-16-24(21-8-9-21)22-10-11-22;1-18(2,3)27-17(24)23-14(11-12-19(23,4)5)8-7-13-21-15-9-6-10-16(22-15)28(20,25)26;19-17-14(18(23)24)5-6-15(20-17)22-9-7-16(21-22)25-10-8-13(11-1-2-11)12-3-4-12/h6,9-10,15-16,18,22,24-27H,7-8,11-14,17,19-21,23H2,1-5H3,(H,39,40)(H,43,46);3,6-7,12-13,15,19,21-24H,4-5,8-11,14,16-18,20H2,1-2H3,(H,33,34)(H,37,40);6,9-10,14H,7-8,11-13H2,1-5H3,(H,21,22)(H2,20,25,26);5-7,9,11-13H,1-4,8,10H2,(H,23,24).